The Balaban J connectivity index is 0.000000153. The van der Waals surface area contributed by atoms with E-state index in [1.165, 1.54) is 43.8 Å². The van der Waals surface area contributed by atoms with Gasteiger partial charge in [-0.2, -0.15) is 0 Å². The summed E-state index contributed by atoms with van der Waals surface area (Å²) < 4.78 is 6.09. The number of aliphatic imine (C=N–C) groups is 1. The van der Waals surface area contributed by atoms with Gasteiger partial charge < -0.3 is 21.6 Å². The monoisotopic (exact) mass is 676 g/mol. The van der Waals surface area contributed by atoms with E-state index in [9.17, 15) is 0 Å². The van der Waals surface area contributed by atoms with Crippen LogP contribution in [0.1, 0.15) is 11.1 Å². The van der Waals surface area contributed by atoms with Crippen LogP contribution in [-0.2, 0) is 6.54 Å². The van der Waals surface area contributed by atoms with Crippen LogP contribution in [0.3, 0.4) is 0 Å². The topological polar surface area (TPSA) is 104 Å². The third kappa shape index (κ3) is 7.13. The molecule has 0 radical (unpaired) electrons. The Labute approximate surface area is 303 Å². The lowest BCUT2D eigenvalue weighted by atomic mass is 9.92. The number of anilines is 1. The largest absolute Gasteiger partial charge is 0.456 e. The molecule has 1 aromatic heterocycles. The summed E-state index contributed by atoms with van der Waals surface area (Å²) in [7, 11) is 1.69. The Morgan fingerprint density at radius 1 is 0.538 bits per heavy atom. The number of nitrogens with two attached hydrogens (primary N) is 3. The highest BCUT2D eigenvalue weighted by Gasteiger charge is 2.14. The molecule has 9 aromatic rings. The SMILES string of the molecule is CN=C(N)c1ccc(-c2ccccc2)cc1.NCc1cccc2oc3ccc(-c4cc5ccccc5c5ccccc45)cc3c12.Nc1ccccc1. The lowest BCUT2D eigenvalue weighted by Crippen LogP contribution is -2.12. The van der Waals surface area contributed by atoms with Crippen LogP contribution in [0.15, 0.2) is 185 Å². The van der Waals surface area contributed by atoms with Crippen LogP contribution in [0.4, 0.5) is 5.69 Å². The quantitative estimate of drug-likeness (QED) is 0.0747. The normalized spacial score (nSPS) is 11.2. The maximum atomic E-state index is 6.09. The molecule has 8 aromatic carbocycles. The first kappa shape index (κ1) is 33.8. The van der Waals surface area contributed by atoms with Gasteiger partial charge >= 0.3 is 0 Å². The van der Waals surface area contributed by atoms with Crippen LogP contribution >= 0.6 is 0 Å². The number of benzene rings is 8. The summed E-state index contributed by atoms with van der Waals surface area (Å²) in [5.74, 6) is 0.569. The number of para-hydroxylation sites is 1. The minimum atomic E-state index is 0.495. The van der Waals surface area contributed by atoms with Crippen LogP contribution in [0, 0.1) is 0 Å². The van der Waals surface area contributed by atoms with E-state index in [1.54, 1.807) is 7.05 Å². The molecular formula is C47H40N4O. The van der Waals surface area contributed by atoms with Gasteiger partial charge in [-0.3, -0.25) is 4.99 Å². The molecule has 0 spiro atoms. The van der Waals surface area contributed by atoms with Crippen molar-refractivity contribution in [2.45, 2.75) is 6.54 Å². The molecule has 9 rings (SSSR count). The lowest BCUT2D eigenvalue weighted by molar-refractivity contribution is 0.668. The summed E-state index contributed by atoms with van der Waals surface area (Å²) >= 11 is 0. The fraction of sp³-hybridized carbons (Fsp3) is 0.0426. The van der Waals surface area contributed by atoms with E-state index < -0.39 is 0 Å². The van der Waals surface area contributed by atoms with E-state index in [-0.39, 0.29) is 0 Å². The van der Waals surface area contributed by atoms with Crippen LogP contribution in [0.5, 0.6) is 0 Å². The van der Waals surface area contributed by atoms with Gasteiger partial charge in [0.2, 0.25) is 0 Å². The van der Waals surface area contributed by atoms with Crippen LogP contribution in [0.25, 0.3) is 65.7 Å². The molecular weight excluding hydrogens is 637 g/mol. The molecule has 0 unspecified atom stereocenters. The smallest absolute Gasteiger partial charge is 0.135 e. The van der Waals surface area contributed by atoms with Crippen molar-refractivity contribution >= 4 is 55.0 Å². The molecule has 5 nitrogen and oxygen atoms in total. The Morgan fingerprint density at radius 2 is 1.15 bits per heavy atom. The van der Waals surface area contributed by atoms with Gasteiger partial charge in [0.05, 0.1) is 0 Å². The van der Waals surface area contributed by atoms with Crippen LogP contribution < -0.4 is 17.2 Å². The number of nitrogens with zero attached hydrogens (tertiary/aromatic N) is 1. The molecule has 5 heteroatoms. The molecule has 0 fully saturated rings. The lowest BCUT2D eigenvalue weighted by Gasteiger charge is -2.11. The van der Waals surface area contributed by atoms with E-state index in [0.29, 0.717) is 12.4 Å². The fourth-order valence-electron chi connectivity index (χ4n) is 6.58. The Morgan fingerprint density at radius 3 is 1.83 bits per heavy atom. The molecule has 52 heavy (non-hydrogen) atoms. The Bertz CT molecular complexity index is 2630. The zero-order chi connectivity index (χ0) is 35.9. The number of furan rings is 1. The molecule has 1 heterocycles. The molecule has 6 N–H and O–H groups in total. The number of hydrogen-bond acceptors (Lipinski definition) is 4. The number of rotatable bonds is 4. The number of fused-ring (bicyclic) bond motifs is 6. The van der Waals surface area contributed by atoms with Gasteiger partial charge in [0, 0.05) is 35.6 Å². The predicted molar refractivity (Wildman–Crippen MR) is 221 cm³/mol. The number of amidine groups is 1. The molecule has 254 valence electrons. The van der Waals surface area contributed by atoms with Gasteiger partial charge in [-0.15, -0.1) is 0 Å². The summed E-state index contributed by atoms with van der Waals surface area (Å²) in [6.45, 7) is 0.495. The van der Waals surface area contributed by atoms with Crippen molar-refractivity contribution in [2.75, 3.05) is 12.8 Å². The van der Waals surface area contributed by atoms with Crippen molar-refractivity contribution in [1.29, 1.82) is 0 Å². The number of hydrogen-bond donors (Lipinski definition) is 3. The minimum absolute atomic E-state index is 0.495. The third-order valence-electron chi connectivity index (χ3n) is 9.21. The van der Waals surface area contributed by atoms with Crippen molar-refractivity contribution in [1.82, 2.24) is 0 Å². The second-order valence-corrected chi connectivity index (χ2v) is 12.5. The van der Waals surface area contributed by atoms with Gasteiger partial charge in [-0.05, 0) is 85.8 Å². The van der Waals surface area contributed by atoms with E-state index >= 15 is 0 Å². The highest BCUT2D eigenvalue weighted by Crippen LogP contribution is 2.38. The van der Waals surface area contributed by atoms with Gasteiger partial charge in [0.15, 0.2) is 0 Å². The molecule has 0 bridgehead atoms. The average Bonchev–Trinajstić information content (AvgIpc) is 3.60. The summed E-state index contributed by atoms with van der Waals surface area (Å²) in [5, 5.41) is 7.32. The van der Waals surface area contributed by atoms with Crippen LogP contribution in [-0.4, -0.2) is 12.9 Å². The third-order valence-corrected chi connectivity index (χ3v) is 9.21. The zero-order valence-electron chi connectivity index (χ0n) is 29.0. The molecule has 0 saturated carbocycles. The van der Waals surface area contributed by atoms with E-state index in [1.807, 2.05) is 72.8 Å². The molecule has 0 amide bonds. The molecule has 0 aliphatic carbocycles. The Kier molecular flexibility index (Phi) is 10.0. The minimum Gasteiger partial charge on any atom is -0.456 e. The van der Waals surface area contributed by atoms with E-state index in [4.69, 9.17) is 21.6 Å². The van der Waals surface area contributed by atoms with Gasteiger partial charge in [-0.1, -0.05) is 140 Å². The second-order valence-electron chi connectivity index (χ2n) is 12.5. The summed E-state index contributed by atoms with van der Waals surface area (Å²) in [4.78, 5) is 3.96. The molecule has 0 saturated heterocycles. The summed E-state index contributed by atoms with van der Waals surface area (Å²) in [5.41, 5.74) is 26.6. The predicted octanol–water partition coefficient (Wildman–Crippen LogP) is 11.0. The zero-order valence-corrected chi connectivity index (χ0v) is 29.0. The van der Waals surface area contributed by atoms with Crippen LogP contribution in [0.2, 0.25) is 0 Å². The first-order valence-electron chi connectivity index (χ1n) is 17.3. The molecule has 0 aliphatic heterocycles. The highest BCUT2D eigenvalue weighted by molar-refractivity contribution is 6.15. The second kappa shape index (κ2) is 15.5. The Hall–Kier alpha value is -6.69. The average molecular weight is 677 g/mol. The van der Waals surface area contributed by atoms with Crippen molar-refractivity contribution in [2.24, 2.45) is 16.5 Å². The first-order chi connectivity index (χ1) is 25.5. The summed E-state index contributed by atoms with van der Waals surface area (Å²) in [6, 6.07) is 59.9. The van der Waals surface area contributed by atoms with Crippen molar-refractivity contribution in [3.63, 3.8) is 0 Å². The first-order valence-corrected chi connectivity index (χ1v) is 17.3. The van der Waals surface area contributed by atoms with E-state index in [2.05, 4.69) is 108 Å². The fourth-order valence-corrected chi connectivity index (χ4v) is 6.58. The van der Waals surface area contributed by atoms with Crippen molar-refractivity contribution < 1.29 is 4.42 Å². The van der Waals surface area contributed by atoms with Gasteiger partial charge in [-0.25, -0.2) is 0 Å². The van der Waals surface area contributed by atoms with Crippen molar-refractivity contribution in [3.8, 4) is 22.3 Å². The summed E-state index contributed by atoms with van der Waals surface area (Å²) in [6.07, 6.45) is 0. The maximum Gasteiger partial charge on any atom is 0.135 e. The molecule has 0 atom stereocenters. The van der Waals surface area contributed by atoms with E-state index in [0.717, 1.165) is 38.8 Å². The molecule has 0 aliphatic rings. The highest BCUT2D eigenvalue weighted by atomic mass is 16.3. The van der Waals surface area contributed by atoms with Gasteiger partial charge in [0.1, 0.15) is 17.0 Å². The van der Waals surface area contributed by atoms with Gasteiger partial charge in [0.25, 0.3) is 0 Å². The standard InChI is InChI=1S/C27H19NO.C14H14N2.C6H7N/c28-16-19-7-5-11-26-27(19)24-15-18(12-13-25(24)29-26)23-14-17-6-1-2-8-20(17)21-9-3-4-10-22(21)23;1-16-14(15)13-9-7-12(8-10-13)11-5-3-2-4-6-11;7-6-4-2-1-3-5-6/h1-15H,16,28H2;2-10H,1H3,(H2,15,16);1-5H,7H2. The maximum absolute atomic E-state index is 6.09. The van der Waals surface area contributed by atoms with Crippen molar-refractivity contribution in [3.05, 3.63) is 187 Å². The number of nitrogen functional groups attached to an aromatic ring is 1.